The lowest BCUT2D eigenvalue weighted by Gasteiger charge is -2.09. The number of nitrogens with zero attached hydrogens (tertiary/aromatic N) is 1. The fourth-order valence-corrected chi connectivity index (χ4v) is 2.57. The lowest BCUT2D eigenvalue weighted by atomic mass is 9.95. The third kappa shape index (κ3) is 2.46. The quantitative estimate of drug-likeness (QED) is 0.757. The molecule has 0 saturated carbocycles. The summed E-state index contributed by atoms with van der Waals surface area (Å²) in [5, 5.41) is 0. The van der Waals surface area contributed by atoms with Gasteiger partial charge in [-0.25, -0.2) is 0 Å². The van der Waals surface area contributed by atoms with Gasteiger partial charge in [-0.3, -0.25) is 4.98 Å². The molecule has 1 aliphatic heterocycles. The summed E-state index contributed by atoms with van der Waals surface area (Å²) < 4.78 is 5.91. The van der Waals surface area contributed by atoms with Crippen LogP contribution in [0.5, 0.6) is 5.75 Å². The predicted octanol–water partition coefficient (Wildman–Crippen LogP) is 4.60. The Bertz CT molecular complexity index is 581. The van der Waals surface area contributed by atoms with E-state index in [1.54, 1.807) is 0 Å². The molecule has 1 aromatic carbocycles. The van der Waals surface area contributed by atoms with Crippen LogP contribution < -0.4 is 4.74 Å². The Kier molecular flexibility index (Phi) is 3.82. The number of aromatic nitrogens is 1. The number of ether oxygens (including phenoxy) is 1. The number of pyridine rings is 1. The summed E-state index contributed by atoms with van der Waals surface area (Å²) in [4.78, 5) is 4.47. The average molecular weight is 265 g/mol. The van der Waals surface area contributed by atoms with Gasteiger partial charge in [0.25, 0.3) is 0 Å². The van der Waals surface area contributed by atoms with E-state index in [0.29, 0.717) is 6.61 Å². The van der Waals surface area contributed by atoms with E-state index in [1.807, 2.05) is 24.4 Å². The van der Waals surface area contributed by atoms with Crippen molar-refractivity contribution in [3.8, 4) is 5.75 Å². The molecular weight excluding hydrogens is 246 g/mol. The molecule has 0 saturated heterocycles. The van der Waals surface area contributed by atoms with E-state index in [-0.39, 0.29) is 0 Å². The first-order chi connectivity index (χ1) is 9.90. The Morgan fingerprint density at radius 3 is 2.90 bits per heavy atom. The fraction of sp³-hybridized carbons (Fsp3) is 0.278. The molecule has 102 valence electrons. The molecule has 0 amide bonds. The predicted molar refractivity (Wildman–Crippen MR) is 81.6 cm³/mol. The average Bonchev–Trinajstić information content (AvgIpc) is 2.66. The summed E-state index contributed by atoms with van der Waals surface area (Å²) in [5.41, 5.74) is 4.66. The minimum Gasteiger partial charge on any atom is -0.487 e. The molecular formula is C18H19NO. The van der Waals surface area contributed by atoms with E-state index < -0.39 is 0 Å². The van der Waals surface area contributed by atoms with Crippen LogP contribution in [-0.4, -0.2) is 4.98 Å². The highest BCUT2D eigenvalue weighted by molar-refractivity contribution is 5.84. The molecule has 0 N–H and O–H groups in total. The lowest BCUT2D eigenvalue weighted by Crippen LogP contribution is -1.98. The zero-order valence-corrected chi connectivity index (χ0v) is 11.8. The Hall–Kier alpha value is -2.09. The molecule has 1 aromatic heterocycles. The molecule has 2 heterocycles. The summed E-state index contributed by atoms with van der Waals surface area (Å²) in [6.45, 7) is 2.76. The maximum Gasteiger partial charge on any atom is 0.131 e. The topological polar surface area (TPSA) is 22.1 Å². The Balaban J connectivity index is 2.11. The van der Waals surface area contributed by atoms with Crippen LogP contribution in [0.15, 0.2) is 48.7 Å². The zero-order valence-electron chi connectivity index (χ0n) is 11.8. The monoisotopic (exact) mass is 265 g/mol. The van der Waals surface area contributed by atoms with Crippen molar-refractivity contribution >= 4 is 5.57 Å². The van der Waals surface area contributed by atoms with Gasteiger partial charge < -0.3 is 4.74 Å². The third-order valence-corrected chi connectivity index (χ3v) is 3.63. The molecule has 2 heteroatoms. The van der Waals surface area contributed by atoms with Gasteiger partial charge in [0.05, 0.1) is 5.69 Å². The van der Waals surface area contributed by atoms with Crippen molar-refractivity contribution in [3.05, 3.63) is 65.5 Å². The molecule has 0 aliphatic carbocycles. The normalized spacial score (nSPS) is 15.2. The number of benzene rings is 1. The second-order valence-electron chi connectivity index (χ2n) is 5.04. The van der Waals surface area contributed by atoms with Crippen LogP contribution in [0, 0.1) is 0 Å². The van der Waals surface area contributed by atoms with Gasteiger partial charge in [0.2, 0.25) is 0 Å². The van der Waals surface area contributed by atoms with E-state index in [0.717, 1.165) is 17.9 Å². The highest BCUT2D eigenvalue weighted by Gasteiger charge is 2.18. The fourth-order valence-electron chi connectivity index (χ4n) is 2.57. The molecule has 0 radical (unpaired) electrons. The van der Waals surface area contributed by atoms with Crippen molar-refractivity contribution in [2.45, 2.75) is 32.8 Å². The molecule has 3 rings (SSSR count). The Morgan fingerprint density at radius 2 is 2.00 bits per heavy atom. The molecule has 0 bridgehead atoms. The van der Waals surface area contributed by atoms with Gasteiger partial charge in [-0.05, 0) is 24.1 Å². The second kappa shape index (κ2) is 5.91. The van der Waals surface area contributed by atoms with Gasteiger partial charge in [0.15, 0.2) is 0 Å². The number of hydrogen-bond donors (Lipinski definition) is 0. The van der Waals surface area contributed by atoms with E-state index in [2.05, 4.69) is 36.2 Å². The molecule has 2 nitrogen and oxygen atoms in total. The molecule has 0 atom stereocenters. The zero-order chi connectivity index (χ0) is 13.8. The van der Waals surface area contributed by atoms with Gasteiger partial charge in [0.1, 0.15) is 12.4 Å². The van der Waals surface area contributed by atoms with Crippen LogP contribution in [-0.2, 0) is 6.61 Å². The number of allylic oxidation sites excluding steroid dienone is 1. The Morgan fingerprint density at radius 1 is 1.15 bits per heavy atom. The molecule has 0 spiro atoms. The smallest absolute Gasteiger partial charge is 0.131 e. The van der Waals surface area contributed by atoms with Crippen molar-refractivity contribution < 1.29 is 4.74 Å². The first-order valence-electron chi connectivity index (χ1n) is 7.26. The van der Waals surface area contributed by atoms with Gasteiger partial charge in [-0.1, -0.05) is 50.1 Å². The van der Waals surface area contributed by atoms with Crippen LogP contribution in [0.4, 0.5) is 0 Å². The second-order valence-corrected chi connectivity index (χ2v) is 5.04. The number of fused-ring (bicyclic) bond motifs is 2. The summed E-state index contributed by atoms with van der Waals surface area (Å²) in [7, 11) is 0. The largest absolute Gasteiger partial charge is 0.487 e. The number of para-hydroxylation sites is 1. The van der Waals surface area contributed by atoms with Crippen molar-refractivity contribution in [2.24, 2.45) is 0 Å². The van der Waals surface area contributed by atoms with Crippen molar-refractivity contribution in [1.29, 1.82) is 0 Å². The molecule has 1 aliphatic rings. The minimum absolute atomic E-state index is 0.540. The van der Waals surface area contributed by atoms with Gasteiger partial charge in [0, 0.05) is 17.3 Å². The van der Waals surface area contributed by atoms with E-state index >= 15 is 0 Å². The standard InChI is InChI=1S/C18H19NO/c1-2-3-4-8-14-15-10-7-12-19-17(15)13-20-18-11-6-5-9-16(14)18/h5-12H,2-4,13H2,1H3/b14-8+. The molecule has 2 aromatic rings. The first-order valence-corrected chi connectivity index (χ1v) is 7.26. The number of rotatable bonds is 3. The summed E-state index contributed by atoms with van der Waals surface area (Å²) in [6.07, 6.45) is 7.68. The van der Waals surface area contributed by atoms with E-state index in [1.165, 1.54) is 29.5 Å². The highest BCUT2D eigenvalue weighted by Crippen LogP contribution is 2.36. The summed E-state index contributed by atoms with van der Waals surface area (Å²) in [6, 6.07) is 12.4. The lowest BCUT2D eigenvalue weighted by molar-refractivity contribution is 0.302. The van der Waals surface area contributed by atoms with E-state index in [4.69, 9.17) is 4.74 Å². The minimum atomic E-state index is 0.540. The van der Waals surface area contributed by atoms with Crippen LogP contribution >= 0.6 is 0 Å². The van der Waals surface area contributed by atoms with Gasteiger partial charge in [-0.2, -0.15) is 0 Å². The Labute approximate surface area is 120 Å². The number of unbranched alkanes of at least 4 members (excludes halogenated alkanes) is 2. The van der Waals surface area contributed by atoms with Crippen molar-refractivity contribution in [1.82, 2.24) is 4.98 Å². The van der Waals surface area contributed by atoms with Crippen LogP contribution in [0.3, 0.4) is 0 Å². The first kappa shape index (κ1) is 12.9. The SMILES string of the molecule is CCCC/C=C1/c2ccccc2OCc2ncccc21. The maximum atomic E-state index is 5.91. The van der Waals surface area contributed by atoms with Crippen molar-refractivity contribution in [2.75, 3.05) is 0 Å². The number of hydrogen-bond acceptors (Lipinski definition) is 2. The van der Waals surface area contributed by atoms with Gasteiger partial charge >= 0.3 is 0 Å². The maximum absolute atomic E-state index is 5.91. The van der Waals surface area contributed by atoms with E-state index in [9.17, 15) is 0 Å². The van der Waals surface area contributed by atoms with Crippen LogP contribution in [0.2, 0.25) is 0 Å². The van der Waals surface area contributed by atoms with Crippen molar-refractivity contribution in [3.63, 3.8) is 0 Å². The molecule has 0 unspecified atom stereocenters. The van der Waals surface area contributed by atoms with Gasteiger partial charge in [-0.15, -0.1) is 0 Å². The van der Waals surface area contributed by atoms with Crippen LogP contribution in [0.25, 0.3) is 5.57 Å². The highest BCUT2D eigenvalue weighted by atomic mass is 16.5. The summed E-state index contributed by atoms with van der Waals surface area (Å²) in [5.74, 6) is 0.952. The molecule has 20 heavy (non-hydrogen) atoms. The third-order valence-electron chi connectivity index (χ3n) is 3.63. The van der Waals surface area contributed by atoms with Crippen LogP contribution in [0.1, 0.15) is 43.0 Å². The molecule has 0 fully saturated rings. The summed E-state index contributed by atoms with van der Waals surface area (Å²) >= 11 is 0.